The summed E-state index contributed by atoms with van der Waals surface area (Å²) in [6.45, 7) is 2.09. The van der Waals surface area contributed by atoms with Gasteiger partial charge in [-0.3, -0.25) is 9.59 Å². The Balaban J connectivity index is 1.39. The van der Waals surface area contributed by atoms with Crippen LogP contribution in [0.15, 0.2) is 53.4 Å². The molecule has 0 N–H and O–H groups in total. The van der Waals surface area contributed by atoms with Gasteiger partial charge in [0.15, 0.2) is 6.61 Å². The zero-order valence-corrected chi connectivity index (χ0v) is 16.7. The maximum atomic E-state index is 13.0. The van der Waals surface area contributed by atoms with E-state index in [9.17, 15) is 14.0 Å². The molecule has 0 unspecified atom stereocenters. The van der Waals surface area contributed by atoms with Crippen molar-refractivity contribution in [3.8, 4) is 0 Å². The van der Waals surface area contributed by atoms with E-state index in [0.29, 0.717) is 31.2 Å². The maximum Gasteiger partial charge on any atom is 0.316 e. The normalized spacial score (nSPS) is 14.1. The Morgan fingerprint density at radius 2 is 1.71 bits per heavy atom. The number of halogens is 2. The third kappa shape index (κ3) is 5.62. The van der Waals surface area contributed by atoms with Crippen molar-refractivity contribution in [3.05, 3.63) is 59.4 Å². The second-order valence-corrected chi connectivity index (χ2v) is 7.65. The van der Waals surface area contributed by atoms with Crippen LogP contribution in [0.5, 0.6) is 0 Å². The fourth-order valence-electron chi connectivity index (χ4n) is 2.84. The first-order valence-corrected chi connectivity index (χ1v) is 10.2. The molecular formula is C20H20ClFN2O3S. The number of amides is 1. The molecule has 1 fully saturated rings. The molecule has 0 spiro atoms. The quantitative estimate of drug-likeness (QED) is 0.527. The number of hydrogen-bond acceptors (Lipinski definition) is 5. The molecule has 148 valence electrons. The molecular weight excluding hydrogens is 403 g/mol. The summed E-state index contributed by atoms with van der Waals surface area (Å²) in [4.78, 5) is 28.7. The van der Waals surface area contributed by atoms with E-state index < -0.39 is 5.97 Å². The molecule has 8 heteroatoms. The summed E-state index contributed by atoms with van der Waals surface area (Å²) in [5, 5.41) is 0.579. The van der Waals surface area contributed by atoms with Crippen molar-refractivity contribution in [1.29, 1.82) is 0 Å². The van der Waals surface area contributed by atoms with Gasteiger partial charge in [0.1, 0.15) is 5.82 Å². The minimum Gasteiger partial charge on any atom is -0.455 e. The Kier molecular flexibility index (Phi) is 7.17. The zero-order valence-electron chi connectivity index (χ0n) is 15.1. The Labute approximate surface area is 172 Å². The fourth-order valence-corrected chi connectivity index (χ4v) is 3.88. The Hall–Kier alpha value is -2.25. The SMILES string of the molecule is O=C(CSc1ccccc1Cl)OCC(=O)N1CCN(c2ccc(F)cc2)CC1. The van der Waals surface area contributed by atoms with Crippen LogP contribution in [0.2, 0.25) is 5.02 Å². The number of carbonyl (C=O) groups is 2. The number of ether oxygens (including phenoxy) is 1. The number of piperazine rings is 1. The lowest BCUT2D eigenvalue weighted by Crippen LogP contribution is -2.50. The van der Waals surface area contributed by atoms with Crippen LogP contribution in [-0.2, 0) is 14.3 Å². The van der Waals surface area contributed by atoms with Crippen molar-refractivity contribution in [2.24, 2.45) is 0 Å². The smallest absolute Gasteiger partial charge is 0.316 e. The number of esters is 1. The van der Waals surface area contributed by atoms with Crippen molar-refractivity contribution in [2.45, 2.75) is 4.90 Å². The number of benzene rings is 2. The van der Waals surface area contributed by atoms with E-state index in [1.54, 1.807) is 23.1 Å². The van der Waals surface area contributed by atoms with Crippen LogP contribution in [-0.4, -0.2) is 55.3 Å². The summed E-state index contributed by atoms with van der Waals surface area (Å²) in [6.07, 6.45) is 0. The van der Waals surface area contributed by atoms with Crippen molar-refractivity contribution < 1.29 is 18.7 Å². The fraction of sp³-hybridized carbons (Fsp3) is 0.300. The lowest BCUT2D eigenvalue weighted by atomic mass is 10.2. The molecule has 3 rings (SSSR count). The number of rotatable bonds is 6. The first kappa shape index (κ1) is 20.5. The van der Waals surface area contributed by atoms with E-state index >= 15 is 0 Å². The highest BCUT2D eigenvalue weighted by molar-refractivity contribution is 8.00. The van der Waals surface area contributed by atoms with Crippen molar-refractivity contribution in [1.82, 2.24) is 4.90 Å². The van der Waals surface area contributed by atoms with Gasteiger partial charge in [-0.05, 0) is 36.4 Å². The second kappa shape index (κ2) is 9.80. The van der Waals surface area contributed by atoms with Gasteiger partial charge in [-0.15, -0.1) is 11.8 Å². The van der Waals surface area contributed by atoms with Crippen LogP contribution in [0.4, 0.5) is 10.1 Å². The third-order valence-corrected chi connectivity index (χ3v) is 5.85. The highest BCUT2D eigenvalue weighted by Gasteiger charge is 2.22. The molecule has 1 amide bonds. The van der Waals surface area contributed by atoms with Crippen molar-refractivity contribution in [2.75, 3.05) is 43.4 Å². The summed E-state index contributed by atoms with van der Waals surface area (Å²) in [5.41, 5.74) is 0.927. The van der Waals surface area contributed by atoms with Crippen LogP contribution in [0.25, 0.3) is 0 Å². The molecule has 0 bridgehead atoms. The molecule has 2 aromatic rings. The number of hydrogen-bond donors (Lipinski definition) is 0. The average Bonchev–Trinajstić information content (AvgIpc) is 2.72. The zero-order chi connectivity index (χ0) is 19.9. The summed E-state index contributed by atoms with van der Waals surface area (Å²) in [7, 11) is 0. The van der Waals surface area contributed by atoms with Crippen molar-refractivity contribution in [3.63, 3.8) is 0 Å². The van der Waals surface area contributed by atoms with Gasteiger partial charge >= 0.3 is 5.97 Å². The Morgan fingerprint density at radius 1 is 1.04 bits per heavy atom. The van der Waals surface area contributed by atoms with Crippen LogP contribution in [0.1, 0.15) is 0 Å². The molecule has 1 heterocycles. The van der Waals surface area contributed by atoms with Crippen LogP contribution in [0, 0.1) is 5.82 Å². The predicted octanol–water partition coefficient (Wildman–Crippen LogP) is 3.46. The highest BCUT2D eigenvalue weighted by Crippen LogP contribution is 2.26. The van der Waals surface area contributed by atoms with Gasteiger partial charge in [0, 0.05) is 36.8 Å². The molecule has 1 aliphatic rings. The first-order valence-electron chi connectivity index (χ1n) is 8.84. The Bertz CT molecular complexity index is 826. The molecule has 0 atom stereocenters. The molecule has 1 aliphatic heterocycles. The average molecular weight is 423 g/mol. The number of nitrogens with zero attached hydrogens (tertiary/aromatic N) is 2. The monoisotopic (exact) mass is 422 g/mol. The molecule has 1 saturated heterocycles. The molecule has 5 nitrogen and oxygen atoms in total. The maximum absolute atomic E-state index is 13.0. The first-order chi connectivity index (χ1) is 13.5. The lowest BCUT2D eigenvalue weighted by molar-refractivity contribution is -0.150. The molecule has 0 aromatic heterocycles. The second-order valence-electron chi connectivity index (χ2n) is 6.22. The van der Waals surface area contributed by atoms with Crippen LogP contribution in [0.3, 0.4) is 0 Å². The van der Waals surface area contributed by atoms with Gasteiger partial charge in [-0.1, -0.05) is 23.7 Å². The van der Waals surface area contributed by atoms with Gasteiger partial charge in [0.05, 0.1) is 10.8 Å². The summed E-state index contributed by atoms with van der Waals surface area (Å²) in [6, 6.07) is 13.5. The number of anilines is 1. The lowest BCUT2D eigenvalue weighted by Gasteiger charge is -2.36. The standard InChI is InChI=1S/C20H20ClFN2O3S/c21-17-3-1-2-4-18(17)28-14-20(26)27-13-19(25)24-11-9-23(10-12-24)16-7-5-15(22)6-8-16/h1-8H,9-14H2. The van der Waals surface area contributed by atoms with E-state index in [1.807, 2.05) is 18.2 Å². The van der Waals surface area contributed by atoms with Gasteiger partial charge in [0.25, 0.3) is 5.91 Å². The summed E-state index contributed by atoms with van der Waals surface area (Å²) >= 11 is 7.32. The largest absolute Gasteiger partial charge is 0.455 e. The summed E-state index contributed by atoms with van der Waals surface area (Å²) < 4.78 is 18.1. The van der Waals surface area contributed by atoms with Gasteiger partial charge in [-0.25, -0.2) is 4.39 Å². The van der Waals surface area contributed by atoms with Gasteiger partial charge < -0.3 is 14.5 Å². The number of thioether (sulfide) groups is 1. The van der Waals surface area contributed by atoms with Crippen LogP contribution < -0.4 is 4.90 Å². The molecule has 0 aliphatic carbocycles. The third-order valence-electron chi connectivity index (χ3n) is 4.36. The molecule has 28 heavy (non-hydrogen) atoms. The van der Waals surface area contributed by atoms with Gasteiger partial charge in [0.2, 0.25) is 0 Å². The number of carbonyl (C=O) groups excluding carboxylic acids is 2. The minimum atomic E-state index is -0.455. The van der Waals surface area contributed by atoms with Crippen LogP contribution >= 0.6 is 23.4 Å². The molecule has 2 aromatic carbocycles. The topological polar surface area (TPSA) is 49.9 Å². The summed E-state index contributed by atoms with van der Waals surface area (Å²) in [5.74, 6) is -0.847. The van der Waals surface area contributed by atoms with E-state index in [2.05, 4.69) is 4.90 Å². The van der Waals surface area contributed by atoms with E-state index in [0.717, 1.165) is 10.6 Å². The molecule has 0 saturated carbocycles. The van der Waals surface area contributed by atoms with Gasteiger partial charge in [-0.2, -0.15) is 0 Å². The molecule has 0 radical (unpaired) electrons. The highest BCUT2D eigenvalue weighted by atomic mass is 35.5. The van der Waals surface area contributed by atoms with E-state index in [4.69, 9.17) is 16.3 Å². The predicted molar refractivity (Wildman–Crippen MR) is 108 cm³/mol. The minimum absolute atomic E-state index is 0.0926. The van der Waals surface area contributed by atoms with E-state index in [-0.39, 0.29) is 24.1 Å². The van der Waals surface area contributed by atoms with E-state index in [1.165, 1.54) is 23.9 Å². The van der Waals surface area contributed by atoms with Crippen molar-refractivity contribution >= 4 is 40.9 Å². The Morgan fingerprint density at radius 3 is 2.39 bits per heavy atom.